The Balaban J connectivity index is 1.39. The largest absolute Gasteiger partial charge is 0.356 e. The van der Waals surface area contributed by atoms with Gasteiger partial charge in [-0.25, -0.2) is 0 Å². The highest BCUT2D eigenvalue weighted by Crippen LogP contribution is 2.20. The van der Waals surface area contributed by atoms with Crippen LogP contribution in [0.15, 0.2) is 54.6 Å². The molecule has 27 heavy (non-hydrogen) atoms. The first-order valence-corrected chi connectivity index (χ1v) is 9.88. The smallest absolute Gasteiger partial charge is 0.253 e. The first-order valence-electron chi connectivity index (χ1n) is 9.50. The number of aryl methyl sites for hydroxylation is 1. The van der Waals surface area contributed by atoms with Crippen LogP contribution in [0.1, 0.15) is 35.2 Å². The van der Waals surface area contributed by atoms with Crippen molar-refractivity contribution in [2.24, 2.45) is 5.92 Å². The van der Waals surface area contributed by atoms with Crippen LogP contribution in [0.2, 0.25) is 5.02 Å². The number of hydrogen-bond acceptors (Lipinski definition) is 2. The highest BCUT2D eigenvalue weighted by atomic mass is 35.5. The van der Waals surface area contributed by atoms with Gasteiger partial charge in [0.2, 0.25) is 5.91 Å². The van der Waals surface area contributed by atoms with Crippen molar-refractivity contribution in [2.75, 3.05) is 19.6 Å². The molecule has 2 aromatic carbocycles. The van der Waals surface area contributed by atoms with Crippen molar-refractivity contribution in [2.45, 2.75) is 25.7 Å². The number of benzene rings is 2. The number of carbonyl (C=O) groups is 2. The molecule has 0 aliphatic carbocycles. The first-order chi connectivity index (χ1) is 13.1. The number of carbonyl (C=O) groups excluding carboxylic acids is 2. The zero-order valence-corrected chi connectivity index (χ0v) is 16.1. The van der Waals surface area contributed by atoms with Gasteiger partial charge >= 0.3 is 0 Å². The van der Waals surface area contributed by atoms with Crippen molar-refractivity contribution >= 4 is 23.4 Å². The van der Waals surface area contributed by atoms with Crippen LogP contribution in [0.5, 0.6) is 0 Å². The van der Waals surface area contributed by atoms with Gasteiger partial charge in [0, 0.05) is 36.1 Å². The third kappa shape index (κ3) is 5.57. The van der Waals surface area contributed by atoms with Gasteiger partial charge in [-0.2, -0.15) is 0 Å². The highest BCUT2D eigenvalue weighted by molar-refractivity contribution is 6.30. The van der Waals surface area contributed by atoms with E-state index in [2.05, 4.69) is 17.4 Å². The van der Waals surface area contributed by atoms with E-state index in [4.69, 9.17) is 11.6 Å². The van der Waals surface area contributed by atoms with Gasteiger partial charge in [-0.05, 0) is 49.4 Å². The van der Waals surface area contributed by atoms with E-state index < -0.39 is 0 Å². The lowest BCUT2D eigenvalue weighted by atomic mass is 9.95. The fourth-order valence-electron chi connectivity index (χ4n) is 3.44. The molecule has 0 spiro atoms. The topological polar surface area (TPSA) is 49.4 Å². The molecule has 3 rings (SSSR count). The van der Waals surface area contributed by atoms with Crippen molar-refractivity contribution in [3.63, 3.8) is 0 Å². The maximum absolute atomic E-state index is 12.5. The van der Waals surface area contributed by atoms with E-state index in [0.717, 1.165) is 12.8 Å². The summed E-state index contributed by atoms with van der Waals surface area (Å²) in [4.78, 5) is 26.7. The van der Waals surface area contributed by atoms with E-state index in [9.17, 15) is 9.59 Å². The van der Waals surface area contributed by atoms with Crippen LogP contribution in [-0.4, -0.2) is 36.3 Å². The van der Waals surface area contributed by atoms with Gasteiger partial charge in [-0.1, -0.05) is 48.0 Å². The number of nitrogens with zero attached hydrogens (tertiary/aromatic N) is 1. The van der Waals surface area contributed by atoms with E-state index in [1.807, 2.05) is 23.1 Å². The second-order valence-corrected chi connectivity index (χ2v) is 7.39. The van der Waals surface area contributed by atoms with Crippen LogP contribution < -0.4 is 5.32 Å². The average molecular weight is 385 g/mol. The van der Waals surface area contributed by atoms with Crippen LogP contribution in [-0.2, 0) is 11.2 Å². The molecule has 2 amide bonds. The van der Waals surface area contributed by atoms with Crippen LogP contribution in [0.3, 0.4) is 0 Å². The quantitative estimate of drug-likeness (QED) is 0.767. The normalized spacial score (nSPS) is 14.8. The summed E-state index contributed by atoms with van der Waals surface area (Å²) in [5.41, 5.74) is 1.89. The van der Waals surface area contributed by atoms with Gasteiger partial charge in [0.15, 0.2) is 0 Å². The number of piperidine rings is 1. The van der Waals surface area contributed by atoms with Crippen LogP contribution >= 0.6 is 11.6 Å². The number of likely N-dealkylation sites (tertiary alicyclic amines) is 1. The Morgan fingerprint density at radius 1 is 1.04 bits per heavy atom. The van der Waals surface area contributed by atoms with Gasteiger partial charge < -0.3 is 10.2 Å². The molecule has 1 fully saturated rings. The Labute approximate surface area is 165 Å². The molecule has 2 aromatic rings. The first kappa shape index (κ1) is 19.4. The van der Waals surface area contributed by atoms with Crippen LogP contribution in [0.4, 0.5) is 0 Å². The minimum atomic E-state index is -0.0146. The van der Waals surface area contributed by atoms with Crippen molar-refractivity contribution in [1.29, 1.82) is 0 Å². The predicted molar refractivity (Wildman–Crippen MR) is 108 cm³/mol. The number of rotatable bonds is 6. The number of amides is 2. The van der Waals surface area contributed by atoms with E-state index in [-0.39, 0.29) is 17.7 Å². The van der Waals surface area contributed by atoms with Crippen molar-refractivity contribution < 1.29 is 9.59 Å². The van der Waals surface area contributed by atoms with E-state index >= 15 is 0 Å². The highest BCUT2D eigenvalue weighted by Gasteiger charge is 2.27. The molecule has 4 nitrogen and oxygen atoms in total. The zero-order chi connectivity index (χ0) is 19.1. The average Bonchev–Trinajstić information content (AvgIpc) is 2.71. The number of halogens is 1. The van der Waals surface area contributed by atoms with Crippen molar-refractivity contribution in [3.8, 4) is 0 Å². The number of hydrogen-bond donors (Lipinski definition) is 1. The molecule has 5 heteroatoms. The number of nitrogens with one attached hydrogen (secondary N) is 1. The Hall–Kier alpha value is -2.33. The van der Waals surface area contributed by atoms with Crippen LogP contribution in [0, 0.1) is 5.92 Å². The minimum absolute atomic E-state index is 0.00913. The third-order valence-electron chi connectivity index (χ3n) is 5.01. The van der Waals surface area contributed by atoms with Crippen molar-refractivity contribution in [1.82, 2.24) is 10.2 Å². The molecule has 1 N–H and O–H groups in total. The Bertz CT molecular complexity index is 771. The fraction of sp³-hybridized carbons (Fsp3) is 0.364. The minimum Gasteiger partial charge on any atom is -0.356 e. The molecule has 0 bridgehead atoms. The van der Waals surface area contributed by atoms with Gasteiger partial charge in [-0.3, -0.25) is 9.59 Å². The molecule has 142 valence electrons. The molecule has 0 aromatic heterocycles. The Morgan fingerprint density at radius 3 is 2.48 bits per heavy atom. The Morgan fingerprint density at radius 2 is 1.78 bits per heavy atom. The van der Waals surface area contributed by atoms with Crippen LogP contribution in [0.25, 0.3) is 0 Å². The zero-order valence-electron chi connectivity index (χ0n) is 15.4. The maximum Gasteiger partial charge on any atom is 0.253 e. The molecular formula is C22H25ClN2O2. The monoisotopic (exact) mass is 384 g/mol. The van der Waals surface area contributed by atoms with E-state index in [0.29, 0.717) is 43.1 Å². The Kier molecular flexibility index (Phi) is 6.88. The van der Waals surface area contributed by atoms with E-state index in [1.54, 1.807) is 24.3 Å². The molecule has 0 atom stereocenters. The second-order valence-electron chi connectivity index (χ2n) is 6.96. The van der Waals surface area contributed by atoms with Crippen molar-refractivity contribution in [3.05, 3.63) is 70.7 Å². The summed E-state index contributed by atoms with van der Waals surface area (Å²) in [5, 5.41) is 3.61. The molecule has 1 saturated heterocycles. The van der Waals surface area contributed by atoms with Gasteiger partial charge in [0.05, 0.1) is 0 Å². The lowest BCUT2D eigenvalue weighted by Gasteiger charge is -2.31. The van der Waals surface area contributed by atoms with Gasteiger partial charge in [0.25, 0.3) is 5.91 Å². The van der Waals surface area contributed by atoms with Gasteiger partial charge in [-0.15, -0.1) is 0 Å². The summed E-state index contributed by atoms with van der Waals surface area (Å²) >= 11 is 5.97. The predicted octanol–water partition coefficient (Wildman–Crippen LogP) is 3.94. The summed E-state index contributed by atoms with van der Waals surface area (Å²) in [6, 6.07) is 17.3. The lowest BCUT2D eigenvalue weighted by Crippen LogP contribution is -2.43. The summed E-state index contributed by atoms with van der Waals surface area (Å²) < 4.78 is 0. The molecule has 0 unspecified atom stereocenters. The summed E-state index contributed by atoms with van der Waals surface area (Å²) in [6.07, 6.45) is 3.31. The molecule has 1 aliphatic rings. The SMILES string of the molecule is O=C(NCCCc1ccccc1)C1CCN(C(=O)c2cccc(Cl)c2)CC1. The molecule has 1 heterocycles. The lowest BCUT2D eigenvalue weighted by molar-refractivity contribution is -0.126. The van der Waals surface area contributed by atoms with Gasteiger partial charge in [0.1, 0.15) is 0 Å². The summed E-state index contributed by atoms with van der Waals surface area (Å²) in [7, 11) is 0. The standard InChI is InChI=1S/C22H25ClN2O2/c23-20-10-4-9-19(16-20)22(27)25-14-11-18(12-15-25)21(26)24-13-5-8-17-6-2-1-3-7-17/h1-4,6-7,9-10,16,18H,5,8,11-15H2,(H,24,26). The molecule has 0 radical (unpaired) electrons. The fourth-order valence-corrected chi connectivity index (χ4v) is 3.63. The van der Waals surface area contributed by atoms with E-state index in [1.165, 1.54) is 5.56 Å². The molecule has 0 saturated carbocycles. The summed E-state index contributed by atoms with van der Waals surface area (Å²) in [5.74, 6) is 0.0854. The molecule has 1 aliphatic heterocycles. The second kappa shape index (κ2) is 9.56. The molecular weight excluding hydrogens is 360 g/mol. The third-order valence-corrected chi connectivity index (χ3v) is 5.24. The maximum atomic E-state index is 12.5. The summed E-state index contributed by atoms with van der Waals surface area (Å²) in [6.45, 7) is 1.90.